The van der Waals surface area contributed by atoms with Crippen LogP contribution in [0.1, 0.15) is 42.9 Å². The molecule has 0 N–H and O–H groups in total. The Morgan fingerprint density at radius 2 is 1.62 bits per heavy atom. The van der Waals surface area contributed by atoms with Crippen LogP contribution in [0.3, 0.4) is 0 Å². The molecular formula is C25H21FN2S. The van der Waals surface area contributed by atoms with E-state index >= 15 is 0 Å². The summed E-state index contributed by atoms with van der Waals surface area (Å²) < 4.78 is 14.2. The van der Waals surface area contributed by atoms with Crippen molar-refractivity contribution in [3.8, 4) is 23.1 Å². The molecule has 0 aliphatic heterocycles. The van der Waals surface area contributed by atoms with E-state index in [4.69, 9.17) is 0 Å². The third kappa shape index (κ3) is 5.93. The number of aliphatic imine (C=N–C) groups is 1. The van der Waals surface area contributed by atoms with Gasteiger partial charge in [-0.1, -0.05) is 55.9 Å². The highest BCUT2D eigenvalue weighted by Gasteiger charge is 2.07. The van der Waals surface area contributed by atoms with Crippen LogP contribution in [-0.2, 0) is 6.42 Å². The topological polar surface area (TPSA) is 25.2 Å². The minimum Gasteiger partial charge on any atom is -0.251 e. The molecule has 0 saturated carbocycles. The minimum absolute atomic E-state index is 0.270. The summed E-state index contributed by atoms with van der Waals surface area (Å²) in [4.78, 5) is 7.87. The summed E-state index contributed by atoms with van der Waals surface area (Å²) in [6, 6.07) is 17.1. The summed E-state index contributed by atoms with van der Waals surface area (Å²) in [5.41, 5.74) is 4.50. The number of isothiocyanates is 1. The average Bonchev–Trinajstić information content (AvgIpc) is 2.74. The smallest absolute Gasteiger partial charge is 0.151 e. The van der Waals surface area contributed by atoms with Gasteiger partial charge in [-0.2, -0.15) is 4.99 Å². The molecule has 3 aromatic rings. The molecule has 0 radical (unpaired) electrons. The standard InChI is InChI=1S/C25H21FN2S/c1-2-3-4-5-19-6-8-20(9-7-19)10-11-21-12-14-22(15-13-21)25-24(26)16-23(17-27-25)28-18-29/h6-9,12-17H,2-5H2,1H3. The van der Waals surface area contributed by atoms with Crippen molar-refractivity contribution in [1.82, 2.24) is 4.98 Å². The number of benzene rings is 2. The van der Waals surface area contributed by atoms with Crippen LogP contribution in [0.2, 0.25) is 0 Å². The summed E-state index contributed by atoms with van der Waals surface area (Å²) >= 11 is 4.53. The predicted octanol–water partition coefficient (Wildman–Crippen LogP) is 6.75. The number of unbranched alkanes of at least 4 members (excludes halogenated alkanes) is 2. The van der Waals surface area contributed by atoms with E-state index in [-0.39, 0.29) is 5.69 Å². The van der Waals surface area contributed by atoms with Gasteiger partial charge < -0.3 is 0 Å². The normalized spacial score (nSPS) is 10.0. The Balaban J connectivity index is 1.69. The number of thiocarbonyl (C=S) groups is 1. The first-order valence-corrected chi connectivity index (χ1v) is 10.0. The Kier molecular flexibility index (Phi) is 7.41. The van der Waals surface area contributed by atoms with Crippen LogP contribution < -0.4 is 0 Å². The largest absolute Gasteiger partial charge is 0.251 e. The number of aromatic nitrogens is 1. The maximum absolute atomic E-state index is 14.2. The number of hydrogen-bond acceptors (Lipinski definition) is 3. The first kappa shape index (κ1) is 20.6. The second kappa shape index (κ2) is 10.4. The second-order valence-corrected chi connectivity index (χ2v) is 6.89. The van der Waals surface area contributed by atoms with Crippen molar-refractivity contribution in [2.24, 2.45) is 4.99 Å². The molecule has 1 aromatic heterocycles. The lowest BCUT2D eigenvalue weighted by molar-refractivity contribution is 0.626. The summed E-state index contributed by atoms with van der Waals surface area (Å²) in [6.07, 6.45) is 6.32. The quantitative estimate of drug-likeness (QED) is 0.198. The van der Waals surface area contributed by atoms with Crippen molar-refractivity contribution in [3.05, 3.63) is 83.3 Å². The zero-order chi connectivity index (χ0) is 20.5. The number of aryl methyl sites for hydroxylation is 1. The van der Waals surface area contributed by atoms with Crippen LogP contribution in [0.4, 0.5) is 10.1 Å². The monoisotopic (exact) mass is 400 g/mol. The maximum Gasteiger partial charge on any atom is 0.151 e. The Hall–Kier alpha value is -3.12. The first-order chi connectivity index (χ1) is 14.2. The van der Waals surface area contributed by atoms with E-state index in [1.807, 2.05) is 24.3 Å². The van der Waals surface area contributed by atoms with Gasteiger partial charge in [-0.3, -0.25) is 4.98 Å². The molecule has 0 amide bonds. The third-order valence-corrected chi connectivity index (χ3v) is 4.63. The number of pyridine rings is 1. The van der Waals surface area contributed by atoms with Crippen LogP contribution in [0.15, 0.2) is 65.8 Å². The molecule has 2 aromatic carbocycles. The molecule has 0 aliphatic carbocycles. The van der Waals surface area contributed by atoms with E-state index in [1.54, 1.807) is 0 Å². The molecule has 0 saturated heterocycles. The van der Waals surface area contributed by atoms with Crippen LogP contribution in [0.5, 0.6) is 0 Å². The fourth-order valence-corrected chi connectivity index (χ4v) is 3.05. The fourth-order valence-electron chi connectivity index (χ4n) is 2.94. The lowest BCUT2D eigenvalue weighted by atomic mass is 10.0. The van der Waals surface area contributed by atoms with Gasteiger partial charge in [0.15, 0.2) is 5.82 Å². The van der Waals surface area contributed by atoms with Gasteiger partial charge in [0.2, 0.25) is 0 Å². The molecular weight excluding hydrogens is 379 g/mol. The van der Waals surface area contributed by atoms with E-state index in [9.17, 15) is 4.39 Å². The van der Waals surface area contributed by atoms with Gasteiger partial charge in [0, 0.05) is 22.8 Å². The molecule has 4 heteroatoms. The van der Waals surface area contributed by atoms with Crippen molar-refractivity contribution in [2.45, 2.75) is 32.6 Å². The van der Waals surface area contributed by atoms with E-state index in [1.165, 1.54) is 37.1 Å². The number of nitrogens with zero attached hydrogens (tertiary/aromatic N) is 2. The Labute approximate surface area is 176 Å². The van der Waals surface area contributed by atoms with Crippen LogP contribution in [-0.4, -0.2) is 10.1 Å². The van der Waals surface area contributed by atoms with Crippen molar-refractivity contribution in [1.29, 1.82) is 0 Å². The fraction of sp³-hybridized carbons (Fsp3) is 0.200. The molecule has 144 valence electrons. The highest BCUT2D eigenvalue weighted by Crippen LogP contribution is 2.23. The Bertz CT molecular complexity index is 1070. The Morgan fingerprint density at radius 1 is 0.966 bits per heavy atom. The molecule has 1 heterocycles. The third-order valence-electron chi connectivity index (χ3n) is 4.53. The molecule has 0 unspecified atom stereocenters. The second-order valence-electron chi connectivity index (χ2n) is 6.71. The van der Waals surface area contributed by atoms with Crippen molar-refractivity contribution < 1.29 is 4.39 Å². The number of halogens is 1. The minimum atomic E-state index is -0.450. The molecule has 2 nitrogen and oxygen atoms in total. The maximum atomic E-state index is 14.2. The molecule has 0 fully saturated rings. The van der Waals surface area contributed by atoms with Crippen molar-refractivity contribution in [2.75, 3.05) is 0 Å². The summed E-state index contributed by atoms with van der Waals surface area (Å²) in [5.74, 6) is 5.88. The molecule has 0 bridgehead atoms. The molecule has 0 spiro atoms. The predicted molar refractivity (Wildman–Crippen MR) is 120 cm³/mol. The van der Waals surface area contributed by atoms with E-state index in [2.05, 4.69) is 70.4 Å². The van der Waals surface area contributed by atoms with E-state index < -0.39 is 5.82 Å². The van der Waals surface area contributed by atoms with Gasteiger partial charge in [-0.25, -0.2) is 4.39 Å². The SMILES string of the molecule is CCCCCc1ccc(C#Cc2ccc(-c3ncc(N=C=S)cc3F)cc2)cc1. The summed E-state index contributed by atoms with van der Waals surface area (Å²) in [5, 5.41) is 2.21. The van der Waals surface area contributed by atoms with Crippen LogP contribution in [0, 0.1) is 17.7 Å². The highest BCUT2D eigenvalue weighted by molar-refractivity contribution is 7.78. The lowest BCUT2D eigenvalue weighted by Gasteiger charge is -2.03. The van der Waals surface area contributed by atoms with Gasteiger partial charge in [0.05, 0.1) is 17.0 Å². The number of hydrogen-bond donors (Lipinski definition) is 0. The zero-order valence-corrected chi connectivity index (χ0v) is 17.1. The summed E-state index contributed by atoms with van der Waals surface area (Å²) in [6.45, 7) is 2.21. The van der Waals surface area contributed by atoms with Crippen LogP contribution >= 0.6 is 12.2 Å². The molecule has 0 aliphatic rings. The molecule has 0 atom stereocenters. The Morgan fingerprint density at radius 3 is 2.21 bits per heavy atom. The zero-order valence-electron chi connectivity index (χ0n) is 16.3. The highest BCUT2D eigenvalue weighted by atomic mass is 32.1. The van der Waals surface area contributed by atoms with Gasteiger partial charge in [0.1, 0.15) is 5.69 Å². The van der Waals surface area contributed by atoms with Gasteiger partial charge >= 0.3 is 0 Å². The average molecular weight is 401 g/mol. The van der Waals surface area contributed by atoms with E-state index in [0.717, 1.165) is 17.5 Å². The van der Waals surface area contributed by atoms with Crippen LogP contribution in [0.25, 0.3) is 11.3 Å². The van der Waals surface area contributed by atoms with Crippen molar-refractivity contribution >= 4 is 23.1 Å². The van der Waals surface area contributed by atoms with Gasteiger partial charge in [-0.15, -0.1) is 0 Å². The molecule has 29 heavy (non-hydrogen) atoms. The van der Waals surface area contributed by atoms with E-state index in [0.29, 0.717) is 11.3 Å². The van der Waals surface area contributed by atoms with Crippen molar-refractivity contribution in [3.63, 3.8) is 0 Å². The molecule has 3 rings (SSSR count). The van der Waals surface area contributed by atoms with Gasteiger partial charge in [-0.05, 0) is 54.9 Å². The number of rotatable bonds is 6. The first-order valence-electron chi connectivity index (χ1n) is 9.64. The summed E-state index contributed by atoms with van der Waals surface area (Å²) in [7, 11) is 0. The lowest BCUT2D eigenvalue weighted by Crippen LogP contribution is -1.89. The van der Waals surface area contributed by atoms with Gasteiger partial charge in [0.25, 0.3) is 0 Å².